The lowest BCUT2D eigenvalue weighted by atomic mass is 10.0. The molecule has 1 aliphatic heterocycles. The van der Waals surface area contributed by atoms with E-state index in [0.29, 0.717) is 18.1 Å². The minimum absolute atomic E-state index is 0.103. The predicted molar refractivity (Wildman–Crippen MR) is 130 cm³/mol. The Morgan fingerprint density at radius 3 is 2.70 bits per heavy atom. The number of carbonyl (C=O) groups excluding carboxylic acids is 1. The molecule has 1 N–H and O–H groups in total. The Balaban J connectivity index is 1.74. The van der Waals surface area contributed by atoms with Crippen molar-refractivity contribution in [1.29, 1.82) is 0 Å². The van der Waals surface area contributed by atoms with Crippen LogP contribution in [0.25, 0.3) is 11.5 Å². The van der Waals surface area contributed by atoms with Gasteiger partial charge in [-0.25, -0.2) is 9.48 Å². The van der Waals surface area contributed by atoms with Gasteiger partial charge in [0.15, 0.2) is 0 Å². The maximum Gasteiger partial charge on any atom is 0.318 e. The number of aromatic nitrogens is 3. The van der Waals surface area contributed by atoms with Crippen LogP contribution in [-0.4, -0.2) is 31.8 Å². The Hall–Kier alpha value is -3.51. The topological polar surface area (TPSA) is 55.1 Å². The lowest BCUT2D eigenvalue weighted by Gasteiger charge is -2.31. The Labute approximate surface area is 198 Å². The number of nitrogens with zero attached hydrogens (tertiary/aromatic N) is 4. The summed E-state index contributed by atoms with van der Waals surface area (Å²) < 4.78 is 4.12. The summed E-state index contributed by atoms with van der Waals surface area (Å²) in [7, 11) is 0. The summed E-state index contributed by atoms with van der Waals surface area (Å²) in [5, 5.41) is 8.59. The third-order valence-electron chi connectivity index (χ3n) is 6.04. The molecule has 2 amide bonds. The number of benzene rings is 2. The molecular formula is C26H26ClN5O. The van der Waals surface area contributed by atoms with Crippen molar-refractivity contribution in [1.82, 2.24) is 24.6 Å². The second-order valence-corrected chi connectivity index (χ2v) is 8.69. The lowest BCUT2D eigenvalue weighted by Crippen LogP contribution is -2.42. The number of carbonyl (C=O) groups is 1. The van der Waals surface area contributed by atoms with Gasteiger partial charge in [0.1, 0.15) is 5.82 Å². The lowest BCUT2D eigenvalue weighted by molar-refractivity contribution is 0.180. The molecule has 3 heterocycles. The highest BCUT2D eigenvalue weighted by atomic mass is 35.5. The van der Waals surface area contributed by atoms with Crippen molar-refractivity contribution in [3.63, 3.8) is 0 Å². The minimum atomic E-state index is -0.299. The van der Waals surface area contributed by atoms with Crippen molar-refractivity contribution in [3.05, 3.63) is 100 Å². The minimum Gasteiger partial charge on any atom is -0.338 e. The first-order valence-corrected chi connectivity index (χ1v) is 11.6. The SMILES string of the molecule is CCCNC(=O)N1Cc2c(C)nn(-c3ccccc3)c2-n2cccc2[C@H]1c1cccc(Cl)c1. The molecule has 0 aliphatic carbocycles. The van der Waals surface area contributed by atoms with Crippen LogP contribution in [-0.2, 0) is 6.54 Å². The largest absolute Gasteiger partial charge is 0.338 e. The van der Waals surface area contributed by atoms with E-state index < -0.39 is 0 Å². The Morgan fingerprint density at radius 1 is 1.12 bits per heavy atom. The zero-order valence-corrected chi connectivity index (χ0v) is 19.5. The summed E-state index contributed by atoms with van der Waals surface area (Å²) in [6, 6.07) is 21.5. The van der Waals surface area contributed by atoms with Gasteiger partial charge in [-0.2, -0.15) is 5.10 Å². The van der Waals surface area contributed by atoms with E-state index in [1.54, 1.807) is 0 Å². The van der Waals surface area contributed by atoms with E-state index >= 15 is 0 Å². The van der Waals surface area contributed by atoms with E-state index in [0.717, 1.165) is 40.4 Å². The van der Waals surface area contributed by atoms with Crippen molar-refractivity contribution >= 4 is 17.6 Å². The van der Waals surface area contributed by atoms with E-state index in [1.807, 2.05) is 83.4 Å². The highest BCUT2D eigenvalue weighted by Gasteiger charge is 2.35. The quantitative estimate of drug-likeness (QED) is 0.428. The van der Waals surface area contributed by atoms with Crippen molar-refractivity contribution in [2.45, 2.75) is 32.9 Å². The van der Waals surface area contributed by atoms with E-state index in [2.05, 4.69) is 22.9 Å². The number of amides is 2. The number of fused-ring (bicyclic) bond motifs is 3. The number of rotatable bonds is 4. The summed E-state index contributed by atoms with van der Waals surface area (Å²) in [6.45, 7) is 5.11. The third-order valence-corrected chi connectivity index (χ3v) is 6.27. The molecule has 4 aromatic rings. The Bertz CT molecular complexity index is 1290. The highest BCUT2D eigenvalue weighted by molar-refractivity contribution is 6.30. The van der Waals surface area contributed by atoms with Crippen LogP contribution >= 0.6 is 11.6 Å². The van der Waals surface area contributed by atoms with E-state index in [4.69, 9.17) is 16.7 Å². The molecule has 0 bridgehead atoms. The van der Waals surface area contributed by atoms with Crippen LogP contribution in [0.15, 0.2) is 72.9 Å². The molecule has 7 heteroatoms. The van der Waals surface area contributed by atoms with Gasteiger partial charge in [0.05, 0.1) is 29.7 Å². The van der Waals surface area contributed by atoms with Gasteiger partial charge in [-0.05, 0) is 55.3 Å². The number of aryl methyl sites for hydroxylation is 1. The number of halogens is 1. The highest BCUT2D eigenvalue weighted by Crippen LogP contribution is 2.38. The summed E-state index contributed by atoms with van der Waals surface area (Å²) in [5.41, 5.74) is 4.85. The molecule has 1 atom stereocenters. The van der Waals surface area contributed by atoms with Crippen LogP contribution < -0.4 is 5.32 Å². The molecule has 5 rings (SSSR count). The molecule has 0 fully saturated rings. The molecule has 0 spiro atoms. The van der Waals surface area contributed by atoms with Gasteiger partial charge in [0.25, 0.3) is 0 Å². The molecule has 6 nitrogen and oxygen atoms in total. The van der Waals surface area contributed by atoms with Crippen LogP contribution in [0.2, 0.25) is 5.02 Å². The van der Waals surface area contributed by atoms with Crippen LogP contribution in [0, 0.1) is 6.92 Å². The summed E-state index contributed by atoms with van der Waals surface area (Å²) in [5.74, 6) is 0.955. The summed E-state index contributed by atoms with van der Waals surface area (Å²) >= 11 is 6.38. The van der Waals surface area contributed by atoms with Crippen LogP contribution in [0.3, 0.4) is 0 Å². The first-order valence-electron chi connectivity index (χ1n) is 11.2. The van der Waals surface area contributed by atoms with Crippen molar-refractivity contribution < 1.29 is 4.79 Å². The standard InChI is InChI=1S/C26H26ClN5O/c1-3-14-28-26(33)31-17-22-18(2)29-32(21-11-5-4-6-12-21)25(22)30-15-8-13-23(30)24(31)19-9-7-10-20(27)16-19/h4-13,15-16,24H,3,14,17H2,1-2H3,(H,28,33)/t24-/m1/s1. The summed E-state index contributed by atoms with van der Waals surface area (Å²) in [4.78, 5) is 15.3. The number of hydrogen-bond acceptors (Lipinski definition) is 2. The summed E-state index contributed by atoms with van der Waals surface area (Å²) in [6.07, 6.45) is 2.91. The Kier molecular flexibility index (Phi) is 5.68. The van der Waals surface area contributed by atoms with Gasteiger partial charge >= 0.3 is 6.03 Å². The fourth-order valence-corrected chi connectivity index (χ4v) is 4.71. The van der Waals surface area contributed by atoms with E-state index in [9.17, 15) is 4.79 Å². The smallest absolute Gasteiger partial charge is 0.318 e. The Morgan fingerprint density at radius 2 is 1.94 bits per heavy atom. The molecule has 1 aliphatic rings. The maximum absolute atomic E-state index is 13.5. The average molecular weight is 460 g/mol. The predicted octanol–water partition coefficient (Wildman–Crippen LogP) is 5.65. The fraction of sp³-hybridized carbons (Fsp3) is 0.231. The first kappa shape index (κ1) is 21.3. The fourth-order valence-electron chi connectivity index (χ4n) is 4.51. The maximum atomic E-state index is 13.5. The van der Waals surface area contributed by atoms with Crippen LogP contribution in [0.4, 0.5) is 4.79 Å². The molecule has 0 radical (unpaired) electrons. The second-order valence-electron chi connectivity index (χ2n) is 8.26. The van der Waals surface area contributed by atoms with Gasteiger partial charge in [-0.15, -0.1) is 0 Å². The first-order chi connectivity index (χ1) is 16.1. The molecule has 168 valence electrons. The van der Waals surface area contributed by atoms with Crippen molar-refractivity contribution in [2.24, 2.45) is 0 Å². The number of nitrogens with one attached hydrogen (secondary N) is 1. The van der Waals surface area contributed by atoms with Gasteiger partial charge in [-0.3, -0.25) is 0 Å². The third kappa shape index (κ3) is 3.80. The molecule has 0 unspecified atom stereocenters. The second kappa shape index (κ2) is 8.79. The molecule has 33 heavy (non-hydrogen) atoms. The van der Waals surface area contributed by atoms with Gasteiger partial charge in [0.2, 0.25) is 0 Å². The zero-order chi connectivity index (χ0) is 22.9. The molecule has 0 saturated carbocycles. The molecule has 2 aromatic heterocycles. The van der Waals surface area contributed by atoms with E-state index in [1.165, 1.54) is 0 Å². The zero-order valence-electron chi connectivity index (χ0n) is 18.7. The average Bonchev–Trinajstić information content (AvgIpc) is 3.38. The van der Waals surface area contributed by atoms with Crippen LogP contribution in [0.5, 0.6) is 0 Å². The number of para-hydroxylation sites is 1. The number of hydrogen-bond donors (Lipinski definition) is 1. The van der Waals surface area contributed by atoms with Crippen molar-refractivity contribution in [3.8, 4) is 11.5 Å². The van der Waals surface area contributed by atoms with Gasteiger partial charge < -0.3 is 14.8 Å². The van der Waals surface area contributed by atoms with Gasteiger partial charge in [0, 0.05) is 23.3 Å². The number of urea groups is 1. The monoisotopic (exact) mass is 459 g/mol. The molecular weight excluding hydrogens is 434 g/mol. The van der Waals surface area contributed by atoms with Crippen molar-refractivity contribution in [2.75, 3.05) is 6.54 Å². The van der Waals surface area contributed by atoms with E-state index in [-0.39, 0.29) is 12.1 Å². The van der Waals surface area contributed by atoms with Gasteiger partial charge in [-0.1, -0.05) is 48.9 Å². The normalized spacial score (nSPS) is 15.0. The molecule has 0 saturated heterocycles. The molecule has 2 aromatic carbocycles. The van der Waals surface area contributed by atoms with Crippen LogP contribution in [0.1, 0.15) is 41.9 Å².